The van der Waals surface area contributed by atoms with E-state index in [2.05, 4.69) is 11.1 Å². The fourth-order valence-electron chi connectivity index (χ4n) is 4.25. The number of ketones is 1. The molecule has 0 aliphatic carbocycles. The minimum absolute atomic E-state index is 0.114. The lowest BCUT2D eigenvalue weighted by Crippen LogP contribution is -2.31. The van der Waals surface area contributed by atoms with Gasteiger partial charge in [-0.1, -0.05) is 64.2 Å². The summed E-state index contributed by atoms with van der Waals surface area (Å²) in [4.78, 5) is 56.7. The van der Waals surface area contributed by atoms with Gasteiger partial charge in [0.15, 0.2) is 12.4 Å². The summed E-state index contributed by atoms with van der Waals surface area (Å²) in [7, 11) is 0. The number of esters is 1. The molecule has 1 aromatic heterocycles. The standard InChI is InChI=1S/C31H17Cl4N3O5S/c32-21-8-3-17(11-23(21)34)25-10-5-19(14-36)29(37-25)44-27-13-28(40)38(30(27)41)20-6-1-16(2-7-20)31(42)43-15-26(39)18-4-9-22(33)24(35)12-18/h1-12,27H,13,15H2. The molecule has 2 amide bonds. The number of hydrogen-bond donors (Lipinski definition) is 0. The summed E-state index contributed by atoms with van der Waals surface area (Å²) in [5, 5.41) is 10.3. The first-order valence-electron chi connectivity index (χ1n) is 12.7. The van der Waals surface area contributed by atoms with Gasteiger partial charge in [-0.05, 0) is 66.7 Å². The maximum atomic E-state index is 13.3. The van der Waals surface area contributed by atoms with Crippen LogP contribution in [0.2, 0.25) is 20.1 Å². The zero-order valence-electron chi connectivity index (χ0n) is 22.2. The molecule has 1 atom stereocenters. The van der Waals surface area contributed by atoms with Crippen molar-refractivity contribution in [2.45, 2.75) is 16.7 Å². The van der Waals surface area contributed by atoms with Crippen LogP contribution in [0.3, 0.4) is 0 Å². The van der Waals surface area contributed by atoms with E-state index in [9.17, 15) is 24.4 Å². The van der Waals surface area contributed by atoms with E-state index in [0.29, 0.717) is 21.3 Å². The molecule has 0 N–H and O–H groups in total. The monoisotopic (exact) mass is 683 g/mol. The van der Waals surface area contributed by atoms with Gasteiger partial charge in [-0.3, -0.25) is 14.4 Å². The van der Waals surface area contributed by atoms with Crippen LogP contribution in [0.15, 0.2) is 77.8 Å². The molecule has 1 aliphatic rings. The predicted octanol–water partition coefficient (Wildman–Crippen LogP) is 7.70. The Bertz CT molecular complexity index is 1880. The Labute approximate surface area is 275 Å². The Morgan fingerprint density at radius 2 is 1.55 bits per heavy atom. The first kappa shape index (κ1) is 31.5. The van der Waals surface area contributed by atoms with Crippen LogP contribution in [0.4, 0.5) is 5.69 Å². The van der Waals surface area contributed by atoms with E-state index in [4.69, 9.17) is 51.1 Å². The van der Waals surface area contributed by atoms with Crippen molar-refractivity contribution in [3.63, 3.8) is 0 Å². The zero-order valence-corrected chi connectivity index (χ0v) is 26.1. The Morgan fingerprint density at radius 3 is 2.20 bits per heavy atom. The zero-order chi connectivity index (χ0) is 31.5. The van der Waals surface area contributed by atoms with Crippen molar-refractivity contribution in [2.75, 3.05) is 11.5 Å². The number of carbonyl (C=O) groups excluding carboxylic acids is 4. The third-order valence-electron chi connectivity index (χ3n) is 6.49. The van der Waals surface area contributed by atoms with Gasteiger partial charge < -0.3 is 4.74 Å². The summed E-state index contributed by atoms with van der Waals surface area (Å²) in [6.45, 7) is -0.522. The Balaban J connectivity index is 1.26. The van der Waals surface area contributed by atoms with Crippen LogP contribution >= 0.6 is 58.2 Å². The van der Waals surface area contributed by atoms with Crippen LogP contribution in [0.1, 0.15) is 32.7 Å². The van der Waals surface area contributed by atoms with Gasteiger partial charge in [0.1, 0.15) is 11.1 Å². The van der Waals surface area contributed by atoms with Crippen molar-refractivity contribution in [1.29, 1.82) is 5.26 Å². The highest BCUT2D eigenvalue weighted by atomic mass is 35.5. The third kappa shape index (κ3) is 6.75. The summed E-state index contributed by atoms with van der Waals surface area (Å²) < 4.78 is 5.12. The quantitative estimate of drug-likeness (QED) is 0.105. The molecule has 1 aliphatic heterocycles. The van der Waals surface area contributed by atoms with Crippen molar-refractivity contribution in [3.8, 4) is 17.3 Å². The van der Waals surface area contributed by atoms with E-state index < -0.39 is 35.4 Å². The Kier molecular flexibility index (Phi) is 9.59. The maximum Gasteiger partial charge on any atom is 0.338 e. The van der Waals surface area contributed by atoms with Crippen LogP contribution < -0.4 is 4.90 Å². The molecule has 2 heterocycles. The smallest absolute Gasteiger partial charge is 0.338 e. The number of pyridine rings is 1. The number of halogens is 4. The minimum Gasteiger partial charge on any atom is -0.454 e. The number of benzene rings is 3. The Hall–Kier alpha value is -3.91. The first-order valence-corrected chi connectivity index (χ1v) is 15.1. The van der Waals surface area contributed by atoms with Crippen molar-refractivity contribution < 1.29 is 23.9 Å². The molecule has 0 spiro atoms. The van der Waals surface area contributed by atoms with Crippen LogP contribution in [0.5, 0.6) is 0 Å². The van der Waals surface area contributed by atoms with Gasteiger partial charge in [0.25, 0.3) is 0 Å². The molecule has 8 nitrogen and oxygen atoms in total. The van der Waals surface area contributed by atoms with E-state index in [-0.39, 0.29) is 43.9 Å². The number of nitrogens with zero attached hydrogens (tertiary/aromatic N) is 3. The fourth-order valence-corrected chi connectivity index (χ4v) is 5.94. The van der Waals surface area contributed by atoms with Gasteiger partial charge in [-0.15, -0.1) is 0 Å². The fraction of sp³-hybridized carbons (Fsp3) is 0.0968. The number of anilines is 1. The normalized spacial score (nSPS) is 14.4. The lowest BCUT2D eigenvalue weighted by molar-refractivity contribution is -0.121. The van der Waals surface area contributed by atoms with E-state index in [0.717, 1.165) is 16.7 Å². The molecule has 5 rings (SSSR count). The number of rotatable bonds is 8. The third-order valence-corrected chi connectivity index (χ3v) is 9.16. The number of amides is 2. The summed E-state index contributed by atoms with van der Waals surface area (Å²) >= 11 is 25.0. The highest BCUT2D eigenvalue weighted by Crippen LogP contribution is 2.36. The predicted molar refractivity (Wildman–Crippen MR) is 169 cm³/mol. The number of ether oxygens (including phenoxy) is 1. The molecule has 0 radical (unpaired) electrons. The minimum atomic E-state index is -0.830. The largest absolute Gasteiger partial charge is 0.454 e. The number of aromatic nitrogens is 1. The second-order valence-corrected chi connectivity index (χ2v) is 12.2. The lowest BCUT2D eigenvalue weighted by Gasteiger charge is -2.15. The van der Waals surface area contributed by atoms with E-state index in [1.165, 1.54) is 42.5 Å². The Morgan fingerprint density at radius 1 is 0.886 bits per heavy atom. The van der Waals surface area contributed by atoms with Crippen molar-refractivity contribution in [3.05, 3.63) is 110 Å². The van der Waals surface area contributed by atoms with Crippen LogP contribution in [-0.2, 0) is 14.3 Å². The average molecular weight is 685 g/mol. The molecule has 4 aromatic rings. The molecular weight excluding hydrogens is 668 g/mol. The van der Waals surface area contributed by atoms with E-state index in [1.807, 2.05) is 0 Å². The van der Waals surface area contributed by atoms with Crippen molar-refractivity contribution in [1.82, 2.24) is 4.98 Å². The highest BCUT2D eigenvalue weighted by molar-refractivity contribution is 8.00. The molecule has 1 unspecified atom stereocenters. The number of thioether (sulfide) groups is 1. The van der Waals surface area contributed by atoms with Gasteiger partial charge in [0.05, 0.1) is 47.8 Å². The SMILES string of the molecule is N#Cc1ccc(-c2ccc(Cl)c(Cl)c2)nc1SC1CC(=O)N(c2ccc(C(=O)OCC(=O)c3ccc(Cl)c(Cl)c3)cc2)C1=O. The molecular formula is C31H17Cl4N3O5S. The number of imide groups is 1. The number of hydrogen-bond acceptors (Lipinski definition) is 8. The molecule has 0 saturated carbocycles. The van der Waals surface area contributed by atoms with Crippen LogP contribution in [-0.4, -0.2) is 40.4 Å². The number of nitriles is 1. The lowest BCUT2D eigenvalue weighted by atomic mass is 10.1. The molecule has 0 bridgehead atoms. The molecule has 13 heteroatoms. The number of carbonyl (C=O) groups is 4. The molecule has 44 heavy (non-hydrogen) atoms. The molecule has 1 saturated heterocycles. The second-order valence-electron chi connectivity index (χ2n) is 9.34. The van der Waals surface area contributed by atoms with Gasteiger partial charge in [0.2, 0.25) is 11.8 Å². The highest BCUT2D eigenvalue weighted by Gasteiger charge is 2.41. The van der Waals surface area contributed by atoms with Crippen molar-refractivity contribution in [2.24, 2.45) is 0 Å². The topological polar surface area (TPSA) is 117 Å². The summed E-state index contributed by atoms with van der Waals surface area (Å²) in [5.74, 6) is -2.18. The van der Waals surface area contributed by atoms with Gasteiger partial charge >= 0.3 is 5.97 Å². The summed E-state index contributed by atoms with van der Waals surface area (Å²) in [6.07, 6.45) is -0.117. The second kappa shape index (κ2) is 13.4. The van der Waals surface area contributed by atoms with Crippen LogP contribution in [0, 0.1) is 11.3 Å². The molecule has 3 aromatic carbocycles. The summed E-state index contributed by atoms with van der Waals surface area (Å²) in [5.41, 5.74) is 2.03. The first-order chi connectivity index (χ1) is 21.0. The van der Waals surface area contributed by atoms with E-state index in [1.54, 1.807) is 30.3 Å². The average Bonchev–Trinajstić information content (AvgIpc) is 3.30. The molecule has 220 valence electrons. The molecule has 1 fully saturated rings. The summed E-state index contributed by atoms with van der Waals surface area (Å²) in [6, 6.07) is 20.3. The van der Waals surface area contributed by atoms with Gasteiger partial charge in [-0.2, -0.15) is 5.26 Å². The van der Waals surface area contributed by atoms with Crippen molar-refractivity contribution >= 4 is 87.4 Å². The maximum absolute atomic E-state index is 13.3. The van der Waals surface area contributed by atoms with E-state index >= 15 is 0 Å². The van der Waals surface area contributed by atoms with Crippen LogP contribution in [0.25, 0.3) is 11.3 Å². The van der Waals surface area contributed by atoms with Gasteiger partial charge in [0, 0.05) is 17.5 Å². The van der Waals surface area contributed by atoms with Gasteiger partial charge in [-0.25, -0.2) is 14.7 Å². The number of Topliss-reactive ketones (excluding diaryl/α,β-unsaturated/α-hetero) is 1.